The molecule has 126 valence electrons. The van der Waals surface area contributed by atoms with Gasteiger partial charge >= 0.3 is 0 Å². The van der Waals surface area contributed by atoms with Crippen LogP contribution in [0.2, 0.25) is 0 Å². The lowest BCUT2D eigenvalue weighted by Crippen LogP contribution is -2.10. The summed E-state index contributed by atoms with van der Waals surface area (Å²) in [4.78, 5) is 3.37. The van der Waals surface area contributed by atoms with Crippen molar-refractivity contribution in [1.82, 2.24) is 0 Å². The lowest BCUT2D eigenvalue weighted by Gasteiger charge is -2.23. The monoisotopic (exact) mass is 357 g/mol. The molecule has 0 atom stereocenters. The van der Waals surface area contributed by atoms with Gasteiger partial charge in [-0.1, -0.05) is 47.9 Å². The zero-order valence-electron chi connectivity index (χ0n) is 14.4. The minimum absolute atomic E-state index is 0.228. The van der Waals surface area contributed by atoms with E-state index in [4.69, 9.17) is 0 Å². The Labute approximate surface area is 157 Å². The molecule has 0 spiro atoms. The van der Waals surface area contributed by atoms with Gasteiger partial charge < -0.3 is 4.90 Å². The Morgan fingerprint density at radius 2 is 1.31 bits per heavy atom. The van der Waals surface area contributed by atoms with E-state index < -0.39 is 0 Å². The van der Waals surface area contributed by atoms with Crippen molar-refractivity contribution in [3.05, 3.63) is 96.8 Å². The summed E-state index contributed by atoms with van der Waals surface area (Å²) in [5.74, 6) is -0.228. The molecule has 1 nitrogen and oxygen atoms in total. The van der Waals surface area contributed by atoms with E-state index in [1.807, 2.05) is 30.3 Å². The molecule has 4 heteroatoms. The average Bonchev–Trinajstić information content (AvgIpc) is 3.15. The van der Waals surface area contributed by atoms with Crippen LogP contribution in [0.15, 0.2) is 91.0 Å². The second kappa shape index (κ2) is 7.18. The Morgan fingerprint density at radius 3 is 1.96 bits per heavy atom. The van der Waals surface area contributed by atoms with E-state index in [-0.39, 0.29) is 5.82 Å². The fraction of sp³-hybridized carbons (Fsp3) is 0. The highest BCUT2D eigenvalue weighted by molar-refractivity contribution is 7.19. The third-order valence-corrected chi connectivity index (χ3v) is 5.37. The van der Waals surface area contributed by atoms with Gasteiger partial charge in [0.15, 0.2) is 0 Å². The van der Waals surface area contributed by atoms with Crippen LogP contribution >= 0.6 is 11.3 Å². The number of halogens is 1. The van der Waals surface area contributed by atoms with E-state index in [9.17, 15) is 4.39 Å². The van der Waals surface area contributed by atoms with Gasteiger partial charge in [0.25, 0.3) is 0 Å². The molecule has 0 saturated carbocycles. The lowest BCUT2D eigenvalue weighted by atomic mass is 9.96. The lowest BCUT2D eigenvalue weighted by molar-refractivity contribution is 0.628. The number of benzene rings is 3. The summed E-state index contributed by atoms with van der Waals surface area (Å²) in [7, 11) is 2.07. The van der Waals surface area contributed by atoms with E-state index >= 15 is 0 Å². The van der Waals surface area contributed by atoms with Crippen molar-refractivity contribution in [1.29, 1.82) is 0 Å². The molecule has 1 heterocycles. The molecule has 0 radical (unpaired) electrons. The number of rotatable bonds is 4. The molecular formula is C22H17BFNS. The molecule has 0 amide bonds. The molecule has 0 aliphatic carbocycles. The van der Waals surface area contributed by atoms with Crippen LogP contribution < -0.4 is 10.4 Å². The molecule has 0 aliphatic rings. The fourth-order valence-corrected chi connectivity index (χ4v) is 3.95. The number of hydrogen-bond donors (Lipinski definition) is 0. The largest absolute Gasteiger partial charge is 0.302 e. The van der Waals surface area contributed by atoms with E-state index in [2.05, 4.69) is 61.3 Å². The molecule has 4 aromatic rings. The summed E-state index contributed by atoms with van der Waals surface area (Å²) >= 11 is 1.72. The van der Waals surface area contributed by atoms with Crippen LogP contribution in [0.5, 0.6) is 0 Å². The van der Waals surface area contributed by atoms with Gasteiger partial charge in [0.05, 0.1) is 0 Å². The number of nitrogens with zero attached hydrogens (tertiary/aromatic N) is 1. The van der Waals surface area contributed by atoms with Crippen molar-refractivity contribution in [2.24, 2.45) is 0 Å². The first-order valence-corrected chi connectivity index (χ1v) is 9.30. The Balaban J connectivity index is 1.79. The van der Waals surface area contributed by atoms with Gasteiger partial charge in [-0.05, 0) is 54.1 Å². The average molecular weight is 357 g/mol. The molecule has 26 heavy (non-hydrogen) atoms. The first-order valence-electron chi connectivity index (χ1n) is 8.48. The van der Waals surface area contributed by atoms with Gasteiger partial charge in [0.1, 0.15) is 18.7 Å². The molecule has 1 aromatic heterocycles. The third kappa shape index (κ3) is 3.42. The van der Waals surface area contributed by atoms with Gasteiger partial charge in [-0.2, -0.15) is 0 Å². The first-order chi connectivity index (χ1) is 12.7. The maximum Gasteiger partial charge on any atom is 0.139 e. The van der Waals surface area contributed by atoms with E-state index in [0.29, 0.717) is 0 Å². The van der Waals surface area contributed by atoms with Gasteiger partial charge in [-0.15, -0.1) is 11.3 Å². The first kappa shape index (κ1) is 16.6. The predicted molar refractivity (Wildman–Crippen MR) is 113 cm³/mol. The van der Waals surface area contributed by atoms with Crippen LogP contribution in [0.1, 0.15) is 0 Å². The van der Waals surface area contributed by atoms with Gasteiger partial charge in [0, 0.05) is 16.3 Å². The minimum atomic E-state index is -0.228. The predicted octanol–water partition coefficient (Wildman–Crippen LogP) is 5.28. The molecule has 4 rings (SSSR count). The maximum absolute atomic E-state index is 13.4. The highest BCUT2D eigenvalue weighted by Crippen LogP contribution is 2.41. The Bertz CT molecular complexity index is 949. The molecular weight excluding hydrogens is 340 g/mol. The van der Waals surface area contributed by atoms with Crippen LogP contribution in [0.25, 0.3) is 10.4 Å². The summed E-state index contributed by atoms with van der Waals surface area (Å²) in [5, 5.41) is 1.10. The highest BCUT2D eigenvalue weighted by atomic mass is 32.1. The molecule has 3 aromatic carbocycles. The van der Waals surface area contributed by atoms with Crippen LogP contribution in [-0.4, -0.2) is 7.85 Å². The molecule has 0 fully saturated rings. The van der Waals surface area contributed by atoms with Gasteiger partial charge in [-0.25, -0.2) is 4.39 Å². The SMILES string of the molecule is Bc1ccc(N(c2ccc(F)cc2)c2ccc(-c3ccccc3)s2)cc1. The summed E-state index contributed by atoms with van der Waals surface area (Å²) in [6.07, 6.45) is 0. The summed E-state index contributed by atoms with van der Waals surface area (Å²) in [6, 6.07) is 29.6. The van der Waals surface area contributed by atoms with E-state index in [1.165, 1.54) is 28.0 Å². The molecule has 0 bridgehead atoms. The second-order valence-corrected chi connectivity index (χ2v) is 7.21. The second-order valence-electron chi connectivity index (χ2n) is 6.15. The quantitative estimate of drug-likeness (QED) is 0.449. The van der Waals surface area contributed by atoms with Crippen molar-refractivity contribution in [2.75, 3.05) is 4.90 Å². The van der Waals surface area contributed by atoms with Gasteiger partial charge in [0.2, 0.25) is 0 Å². The Morgan fingerprint density at radius 1 is 0.692 bits per heavy atom. The molecule has 0 aliphatic heterocycles. The number of anilines is 3. The minimum Gasteiger partial charge on any atom is -0.302 e. The van der Waals surface area contributed by atoms with Crippen LogP contribution in [0, 0.1) is 5.82 Å². The van der Waals surface area contributed by atoms with Crippen molar-refractivity contribution in [3.8, 4) is 10.4 Å². The molecule has 0 N–H and O–H groups in total. The van der Waals surface area contributed by atoms with Crippen molar-refractivity contribution in [3.63, 3.8) is 0 Å². The van der Waals surface area contributed by atoms with Crippen molar-refractivity contribution < 1.29 is 4.39 Å². The van der Waals surface area contributed by atoms with Gasteiger partial charge in [-0.3, -0.25) is 0 Å². The zero-order valence-corrected chi connectivity index (χ0v) is 15.2. The van der Waals surface area contributed by atoms with Crippen molar-refractivity contribution >= 4 is 41.0 Å². The zero-order chi connectivity index (χ0) is 17.9. The number of thiophene rings is 1. The maximum atomic E-state index is 13.4. The molecule has 0 unspecified atom stereocenters. The smallest absolute Gasteiger partial charge is 0.139 e. The Kier molecular flexibility index (Phi) is 4.59. The Hall–Kier alpha value is -2.85. The third-order valence-electron chi connectivity index (χ3n) is 4.25. The van der Waals surface area contributed by atoms with Crippen LogP contribution in [0.4, 0.5) is 20.8 Å². The number of hydrogen-bond acceptors (Lipinski definition) is 2. The van der Waals surface area contributed by atoms with Crippen LogP contribution in [0.3, 0.4) is 0 Å². The fourth-order valence-electron chi connectivity index (χ4n) is 2.89. The van der Waals surface area contributed by atoms with Crippen molar-refractivity contribution in [2.45, 2.75) is 0 Å². The van der Waals surface area contributed by atoms with Crippen LogP contribution in [-0.2, 0) is 0 Å². The summed E-state index contributed by atoms with van der Waals surface area (Å²) in [6.45, 7) is 0. The van der Waals surface area contributed by atoms with E-state index in [0.717, 1.165) is 16.4 Å². The summed E-state index contributed by atoms with van der Waals surface area (Å²) in [5.41, 5.74) is 4.41. The molecule has 0 saturated heterocycles. The standard InChI is InChI=1S/C22H17BFNS/c23-17-6-10-19(11-7-17)25(20-12-8-18(24)9-13-20)22-15-14-21(26-22)16-4-2-1-3-5-16/h1-15H,23H2. The normalized spacial score (nSPS) is 10.7. The van der Waals surface area contributed by atoms with E-state index in [1.54, 1.807) is 11.3 Å². The summed E-state index contributed by atoms with van der Waals surface area (Å²) < 4.78 is 13.4. The highest BCUT2D eigenvalue weighted by Gasteiger charge is 2.15. The topological polar surface area (TPSA) is 3.24 Å².